The number of amides is 1. The highest BCUT2D eigenvalue weighted by Crippen LogP contribution is 2.46. The van der Waals surface area contributed by atoms with E-state index < -0.39 is 68.2 Å². The van der Waals surface area contributed by atoms with Gasteiger partial charge in [-0.15, -0.1) is 0 Å². The molecule has 0 aliphatic heterocycles. The number of halogens is 5. The van der Waals surface area contributed by atoms with E-state index in [9.17, 15) is 41.5 Å². The number of anilines is 1. The minimum Gasteiger partial charge on any atom is -0.492 e. The number of carboxylic acids is 1. The fraction of sp³-hybridized carbons (Fsp3) is 0.289. The van der Waals surface area contributed by atoms with Crippen LogP contribution >= 0.6 is 11.6 Å². The molecular formula is C38H32ClF4N3O6S. The highest BCUT2D eigenvalue weighted by molar-refractivity contribution is 7.89. The van der Waals surface area contributed by atoms with Gasteiger partial charge in [0.25, 0.3) is 0 Å². The molecule has 0 radical (unpaired) electrons. The third kappa shape index (κ3) is 7.88. The first-order valence-electron chi connectivity index (χ1n) is 16.7. The van der Waals surface area contributed by atoms with Gasteiger partial charge in [-0.1, -0.05) is 48.0 Å². The van der Waals surface area contributed by atoms with Gasteiger partial charge in [0.2, 0.25) is 15.9 Å². The third-order valence-electron chi connectivity index (χ3n) is 9.14. The van der Waals surface area contributed by atoms with E-state index in [2.05, 4.69) is 6.07 Å². The maximum absolute atomic E-state index is 15.3. The minimum atomic E-state index is -5.47. The van der Waals surface area contributed by atoms with Gasteiger partial charge in [-0.25, -0.2) is 30.8 Å². The van der Waals surface area contributed by atoms with Crippen molar-refractivity contribution < 1.29 is 45.4 Å². The number of benzene rings is 4. The molecule has 6 rings (SSSR count). The predicted octanol–water partition coefficient (Wildman–Crippen LogP) is 8.04. The number of rotatable bonds is 14. The number of ether oxygens (including phenoxy) is 1. The Bertz CT molecular complexity index is 2220. The van der Waals surface area contributed by atoms with Crippen LogP contribution in [0, 0.1) is 34.6 Å². The van der Waals surface area contributed by atoms with E-state index in [1.54, 1.807) is 6.92 Å². The molecule has 0 aromatic heterocycles. The van der Waals surface area contributed by atoms with Crippen LogP contribution in [-0.2, 0) is 27.9 Å². The molecule has 1 N–H and O–H groups in total. The molecule has 276 valence electrons. The Morgan fingerprint density at radius 2 is 1.53 bits per heavy atom. The predicted molar refractivity (Wildman–Crippen MR) is 186 cm³/mol. The lowest BCUT2D eigenvalue weighted by molar-refractivity contribution is -0.119. The molecule has 0 bridgehead atoms. The molecule has 15 heteroatoms. The van der Waals surface area contributed by atoms with Gasteiger partial charge in [0.15, 0.2) is 23.3 Å². The van der Waals surface area contributed by atoms with Gasteiger partial charge in [-0.2, -0.15) is 9.57 Å². The number of hydrogen-bond acceptors (Lipinski definition) is 6. The van der Waals surface area contributed by atoms with E-state index >= 15 is 4.39 Å². The summed E-state index contributed by atoms with van der Waals surface area (Å²) in [5, 5.41) is 17.8. The van der Waals surface area contributed by atoms with Crippen molar-refractivity contribution in [1.29, 1.82) is 5.26 Å². The average molecular weight is 770 g/mol. The van der Waals surface area contributed by atoms with E-state index in [0.29, 0.717) is 21.7 Å². The number of carboxylic acid groups (broad SMARTS) is 1. The standard InChI is InChI=1S/C38H32ClF4N3O6S/c1-2-52-30-16-24(38(48)49)11-12-29(30)46(18-21-13-27(22-7-8-22)15-28(14-21)23-9-10-23)31(47)20-45(19-26-6-4-3-5-25(26)17-44)53(50,51)37-32(39)33(40)34(41)35(42)36(37)43/h3-6,11-16,22-23H,2,7-10,18-20H2,1H3,(H,48,49). The summed E-state index contributed by atoms with van der Waals surface area (Å²) in [6.07, 6.45) is 4.01. The minimum absolute atomic E-state index is 0.0116. The molecule has 0 heterocycles. The molecule has 9 nitrogen and oxygen atoms in total. The number of carbonyl (C=O) groups excluding carboxylic acids is 1. The van der Waals surface area contributed by atoms with Crippen LogP contribution in [0.25, 0.3) is 0 Å². The van der Waals surface area contributed by atoms with E-state index in [1.165, 1.54) is 47.4 Å². The average Bonchev–Trinajstić information content (AvgIpc) is 4.06. The topological polar surface area (TPSA) is 128 Å². The summed E-state index contributed by atoms with van der Waals surface area (Å²) in [7, 11) is -5.47. The van der Waals surface area contributed by atoms with Gasteiger partial charge >= 0.3 is 5.97 Å². The Hall–Kier alpha value is -4.97. The zero-order valence-corrected chi connectivity index (χ0v) is 29.8. The van der Waals surface area contributed by atoms with Crippen LogP contribution in [0.15, 0.2) is 65.6 Å². The Labute approximate surface area is 308 Å². The van der Waals surface area contributed by atoms with Crippen molar-refractivity contribution in [2.24, 2.45) is 0 Å². The molecule has 2 fully saturated rings. The molecule has 0 unspecified atom stereocenters. The summed E-state index contributed by atoms with van der Waals surface area (Å²) in [6, 6.07) is 17.5. The van der Waals surface area contributed by atoms with Crippen LogP contribution < -0.4 is 9.64 Å². The lowest BCUT2D eigenvalue weighted by Gasteiger charge is -2.29. The summed E-state index contributed by atoms with van der Waals surface area (Å²) in [4.78, 5) is 25.9. The summed E-state index contributed by atoms with van der Waals surface area (Å²) in [5.74, 6) is -10.8. The van der Waals surface area contributed by atoms with Gasteiger partial charge in [0.1, 0.15) is 15.7 Å². The van der Waals surface area contributed by atoms with Gasteiger partial charge < -0.3 is 14.7 Å². The van der Waals surface area contributed by atoms with Crippen molar-refractivity contribution >= 4 is 39.2 Å². The van der Waals surface area contributed by atoms with Gasteiger partial charge in [0, 0.05) is 6.54 Å². The molecule has 1 amide bonds. The monoisotopic (exact) mass is 769 g/mol. The Morgan fingerprint density at radius 3 is 2.11 bits per heavy atom. The van der Waals surface area contributed by atoms with Crippen LogP contribution in [0.3, 0.4) is 0 Å². The van der Waals surface area contributed by atoms with E-state index in [1.807, 2.05) is 18.2 Å². The van der Waals surface area contributed by atoms with Crippen molar-refractivity contribution in [1.82, 2.24) is 4.31 Å². The van der Waals surface area contributed by atoms with E-state index in [4.69, 9.17) is 16.3 Å². The van der Waals surface area contributed by atoms with Crippen molar-refractivity contribution in [3.63, 3.8) is 0 Å². The third-order valence-corrected chi connectivity index (χ3v) is 11.4. The number of hydrogen-bond donors (Lipinski definition) is 1. The zero-order chi connectivity index (χ0) is 38.2. The normalized spacial score (nSPS) is 14.2. The molecule has 0 saturated heterocycles. The highest BCUT2D eigenvalue weighted by atomic mass is 35.5. The first-order chi connectivity index (χ1) is 25.2. The Balaban J connectivity index is 1.49. The maximum Gasteiger partial charge on any atom is 0.335 e. The number of sulfonamides is 1. The Kier molecular flexibility index (Phi) is 10.8. The van der Waals surface area contributed by atoms with Crippen molar-refractivity contribution in [2.75, 3.05) is 18.1 Å². The molecule has 2 aliphatic carbocycles. The number of carbonyl (C=O) groups is 2. The fourth-order valence-electron chi connectivity index (χ4n) is 6.13. The molecule has 4 aromatic rings. The maximum atomic E-state index is 15.3. The van der Waals surface area contributed by atoms with Crippen molar-refractivity contribution in [2.45, 2.75) is 62.4 Å². The fourth-order valence-corrected chi connectivity index (χ4v) is 8.07. The van der Waals surface area contributed by atoms with Crippen LogP contribution in [0.2, 0.25) is 5.02 Å². The van der Waals surface area contributed by atoms with Gasteiger partial charge in [0.05, 0.1) is 42.6 Å². The van der Waals surface area contributed by atoms with Crippen molar-refractivity contribution in [3.05, 3.63) is 122 Å². The summed E-state index contributed by atoms with van der Waals surface area (Å²) >= 11 is 5.82. The Morgan fingerprint density at radius 1 is 0.906 bits per heavy atom. The number of nitrogens with zero attached hydrogens (tertiary/aromatic N) is 3. The highest BCUT2D eigenvalue weighted by Gasteiger charge is 2.39. The van der Waals surface area contributed by atoms with Crippen LogP contribution in [0.5, 0.6) is 5.75 Å². The van der Waals surface area contributed by atoms with Crippen LogP contribution in [-0.4, -0.2) is 42.9 Å². The van der Waals surface area contributed by atoms with Gasteiger partial charge in [-0.05, 0) is 91.0 Å². The SMILES string of the molecule is CCOc1cc(C(=O)O)ccc1N(Cc1cc(C2CC2)cc(C2CC2)c1)C(=O)CN(Cc1ccccc1C#N)S(=O)(=O)c1c(F)c(F)c(F)c(F)c1Cl. The van der Waals surface area contributed by atoms with E-state index in [0.717, 1.165) is 36.8 Å². The first kappa shape index (κ1) is 37.8. The van der Waals surface area contributed by atoms with Crippen LogP contribution in [0.1, 0.15) is 82.6 Å². The van der Waals surface area contributed by atoms with Crippen molar-refractivity contribution in [3.8, 4) is 11.8 Å². The molecule has 2 saturated carbocycles. The second kappa shape index (κ2) is 15.2. The largest absolute Gasteiger partial charge is 0.492 e. The van der Waals surface area contributed by atoms with Crippen LogP contribution in [0.4, 0.5) is 23.2 Å². The molecule has 0 atom stereocenters. The summed E-state index contributed by atoms with van der Waals surface area (Å²) < 4.78 is 93.1. The quantitative estimate of drug-likeness (QED) is 0.0781. The molecular weight excluding hydrogens is 738 g/mol. The number of aromatic carboxylic acids is 1. The zero-order valence-electron chi connectivity index (χ0n) is 28.2. The number of nitriles is 1. The molecule has 53 heavy (non-hydrogen) atoms. The molecule has 4 aromatic carbocycles. The second-order valence-electron chi connectivity index (χ2n) is 12.9. The first-order valence-corrected chi connectivity index (χ1v) is 18.5. The van der Waals surface area contributed by atoms with E-state index in [-0.39, 0.29) is 41.3 Å². The second-order valence-corrected chi connectivity index (χ2v) is 15.2. The smallest absolute Gasteiger partial charge is 0.335 e. The summed E-state index contributed by atoms with van der Waals surface area (Å²) in [6.45, 7) is -0.330. The van der Waals surface area contributed by atoms with Gasteiger partial charge in [-0.3, -0.25) is 4.79 Å². The summed E-state index contributed by atoms with van der Waals surface area (Å²) in [5.41, 5.74) is 2.81. The lowest BCUT2D eigenvalue weighted by atomic mass is 9.99. The molecule has 0 spiro atoms. The molecule has 2 aliphatic rings. The lowest BCUT2D eigenvalue weighted by Crippen LogP contribution is -2.43.